The zero-order chi connectivity index (χ0) is 25.2. The fourth-order valence-electron chi connectivity index (χ4n) is 5.29. The van der Waals surface area contributed by atoms with E-state index in [0.717, 1.165) is 67.7 Å². The summed E-state index contributed by atoms with van der Waals surface area (Å²) in [6.45, 7) is 8.12. The van der Waals surface area contributed by atoms with Crippen LogP contribution in [-0.2, 0) is 15.5 Å². The summed E-state index contributed by atoms with van der Waals surface area (Å²) in [5.41, 5.74) is 2.51. The van der Waals surface area contributed by atoms with Gasteiger partial charge in [-0.15, -0.1) is 0 Å². The third-order valence-electron chi connectivity index (χ3n) is 7.26. The summed E-state index contributed by atoms with van der Waals surface area (Å²) in [6, 6.07) is 8.48. The number of rotatable bonds is 8. The second kappa shape index (κ2) is 10.7. The van der Waals surface area contributed by atoms with Crippen LogP contribution in [0.1, 0.15) is 38.2 Å². The maximum Gasteiger partial charge on any atom is 0.227 e. The van der Waals surface area contributed by atoms with Gasteiger partial charge < -0.3 is 19.9 Å². The Hall–Kier alpha value is -2.78. The van der Waals surface area contributed by atoms with Crippen molar-refractivity contribution in [2.75, 3.05) is 60.4 Å². The molecule has 0 radical (unpaired) electrons. The Morgan fingerprint density at radius 1 is 1.08 bits per heavy atom. The van der Waals surface area contributed by atoms with Crippen molar-refractivity contribution < 1.29 is 8.95 Å². The fourth-order valence-corrected chi connectivity index (χ4v) is 6.17. The molecule has 4 heterocycles. The lowest BCUT2D eigenvalue weighted by molar-refractivity contribution is 0.0816. The average molecular weight is 509 g/mol. The quantitative estimate of drug-likeness (QED) is 0.482. The van der Waals surface area contributed by atoms with Crippen LogP contribution in [0.15, 0.2) is 36.7 Å². The Morgan fingerprint density at radius 3 is 2.56 bits per heavy atom. The van der Waals surface area contributed by atoms with Gasteiger partial charge in [0.05, 0.1) is 6.10 Å². The number of hydrogen-bond donors (Lipinski definition) is 1. The number of aromatic nitrogens is 3. The van der Waals surface area contributed by atoms with Crippen molar-refractivity contribution in [3.63, 3.8) is 0 Å². The maximum atomic E-state index is 11.6. The van der Waals surface area contributed by atoms with Gasteiger partial charge in [-0.1, -0.05) is 19.9 Å². The van der Waals surface area contributed by atoms with Crippen molar-refractivity contribution in [3.8, 4) is 0 Å². The summed E-state index contributed by atoms with van der Waals surface area (Å²) in [5, 5.41) is 5.77. The Labute approximate surface area is 215 Å². The summed E-state index contributed by atoms with van der Waals surface area (Å²) in [5.74, 6) is 3.91. The molecule has 3 aromatic rings. The summed E-state index contributed by atoms with van der Waals surface area (Å²) in [6.07, 6.45) is 7.85. The lowest BCUT2D eigenvalue weighted by Crippen LogP contribution is -2.49. The first-order valence-corrected chi connectivity index (χ1v) is 14.5. The number of ether oxygens (including phenoxy) is 1. The molecule has 0 aliphatic carbocycles. The molecule has 2 saturated heterocycles. The predicted octanol–water partition coefficient (Wildman–Crippen LogP) is 4.32. The molecule has 2 aliphatic heterocycles. The van der Waals surface area contributed by atoms with E-state index in [4.69, 9.17) is 14.7 Å². The van der Waals surface area contributed by atoms with E-state index in [-0.39, 0.29) is 0 Å². The summed E-state index contributed by atoms with van der Waals surface area (Å²) < 4.78 is 17.1. The maximum absolute atomic E-state index is 11.6. The van der Waals surface area contributed by atoms with Gasteiger partial charge >= 0.3 is 0 Å². The predicted molar refractivity (Wildman–Crippen MR) is 148 cm³/mol. The molecule has 0 bridgehead atoms. The number of anilines is 4. The molecule has 0 saturated carbocycles. The largest absolute Gasteiger partial charge is 0.381 e. The van der Waals surface area contributed by atoms with Crippen molar-refractivity contribution in [2.24, 2.45) is 5.92 Å². The van der Waals surface area contributed by atoms with Crippen molar-refractivity contribution in [1.82, 2.24) is 15.0 Å². The minimum atomic E-state index is -0.747. The molecule has 2 aliphatic rings. The summed E-state index contributed by atoms with van der Waals surface area (Å²) in [4.78, 5) is 18.6. The highest BCUT2D eigenvalue weighted by molar-refractivity contribution is 7.84. The lowest BCUT2D eigenvalue weighted by atomic mass is 9.93. The van der Waals surface area contributed by atoms with Gasteiger partial charge in [-0.25, -0.2) is 9.97 Å². The first-order chi connectivity index (χ1) is 17.4. The van der Waals surface area contributed by atoms with E-state index < -0.39 is 10.8 Å². The van der Waals surface area contributed by atoms with Crippen LogP contribution in [-0.4, -0.2) is 70.6 Å². The molecule has 1 unspecified atom stereocenters. The van der Waals surface area contributed by atoms with E-state index in [0.29, 0.717) is 17.9 Å². The standard InChI is InChI=1S/C27H36N6O2S/c1-18(2)21-5-6-24(33-15-19(16-33)17-36(4)34)23-14-29-26(13-22(21)23)30-25-7-10-28-27(31-25)32-11-8-20(35-3)9-12-32/h5-7,10,13-14,18-20H,8-9,11-12,15-17H2,1-4H3,(H,28,29,30,31). The number of nitrogens with one attached hydrogen (secondary N) is 1. The number of nitrogens with zero attached hydrogens (tertiary/aromatic N) is 5. The highest BCUT2D eigenvalue weighted by Crippen LogP contribution is 2.37. The van der Waals surface area contributed by atoms with Gasteiger partial charge in [-0.2, -0.15) is 4.98 Å². The molecule has 36 heavy (non-hydrogen) atoms. The van der Waals surface area contributed by atoms with Crippen molar-refractivity contribution in [2.45, 2.75) is 38.7 Å². The van der Waals surface area contributed by atoms with Gasteiger partial charge in [-0.05, 0) is 47.9 Å². The summed E-state index contributed by atoms with van der Waals surface area (Å²) >= 11 is 0. The molecule has 1 aromatic carbocycles. The van der Waals surface area contributed by atoms with E-state index >= 15 is 0 Å². The van der Waals surface area contributed by atoms with E-state index in [1.54, 1.807) is 19.6 Å². The van der Waals surface area contributed by atoms with Crippen LogP contribution in [0.25, 0.3) is 10.8 Å². The second-order valence-corrected chi connectivity index (χ2v) is 11.7. The molecule has 2 aromatic heterocycles. The highest BCUT2D eigenvalue weighted by Gasteiger charge is 2.29. The van der Waals surface area contributed by atoms with Gasteiger partial charge in [0.1, 0.15) is 11.6 Å². The molecule has 1 atom stereocenters. The van der Waals surface area contributed by atoms with Gasteiger partial charge in [0.15, 0.2) is 0 Å². The van der Waals surface area contributed by atoms with Crippen LogP contribution >= 0.6 is 0 Å². The molecule has 192 valence electrons. The number of benzene rings is 1. The smallest absolute Gasteiger partial charge is 0.227 e. The SMILES string of the molecule is COC1CCN(c2nccc(Nc3cc4c(C(C)C)ccc(N5CC(CS(C)=O)C5)c4cn3)n2)CC1. The van der Waals surface area contributed by atoms with Gasteiger partial charge in [-0.3, -0.25) is 4.21 Å². The normalized spacial score (nSPS) is 18.0. The fraction of sp³-hybridized carbons (Fsp3) is 0.519. The molecule has 1 N–H and O–H groups in total. The minimum Gasteiger partial charge on any atom is -0.381 e. The minimum absolute atomic E-state index is 0.321. The van der Waals surface area contributed by atoms with Crippen LogP contribution in [0, 0.1) is 5.92 Å². The van der Waals surface area contributed by atoms with Crippen molar-refractivity contribution in [3.05, 3.63) is 42.2 Å². The number of fused-ring (bicyclic) bond motifs is 1. The number of hydrogen-bond acceptors (Lipinski definition) is 8. The molecule has 2 fully saturated rings. The van der Waals surface area contributed by atoms with Crippen molar-refractivity contribution in [1.29, 1.82) is 0 Å². The van der Waals surface area contributed by atoms with E-state index in [1.807, 2.05) is 12.3 Å². The molecule has 0 amide bonds. The Morgan fingerprint density at radius 2 is 1.86 bits per heavy atom. The Balaban J connectivity index is 1.37. The molecule has 8 nitrogen and oxygen atoms in total. The van der Waals surface area contributed by atoms with Gasteiger partial charge in [0.25, 0.3) is 0 Å². The van der Waals surface area contributed by atoms with Crippen LogP contribution in [0.3, 0.4) is 0 Å². The molecule has 0 spiro atoms. The highest BCUT2D eigenvalue weighted by atomic mass is 32.2. The average Bonchev–Trinajstić information content (AvgIpc) is 2.85. The topological polar surface area (TPSA) is 83.5 Å². The van der Waals surface area contributed by atoms with Crippen LogP contribution in [0.2, 0.25) is 0 Å². The Kier molecular flexibility index (Phi) is 7.39. The zero-order valence-electron chi connectivity index (χ0n) is 21.6. The van der Waals surface area contributed by atoms with Crippen LogP contribution in [0.4, 0.5) is 23.3 Å². The molecular weight excluding hydrogens is 472 g/mol. The number of piperidine rings is 1. The first-order valence-electron chi connectivity index (χ1n) is 12.8. The molecule has 5 rings (SSSR count). The third-order valence-corrected chi connectivity index (χ3v) is 8.20. The van der Waals surface area contributed by atoms with Crippen LogP contribution in [0.5, 0.6) is 0 Å². The molecular formula is C27H36N6O2S. The number of pyridine rings is 1. The monoisotopic (exact) mass is 508 g/mol. The second-order valence-electron chi connectivity index (χ2n) is 10.2. The third kappa shape index (κ3) is 5.32. The summed E-state index contributed by atoms with van der Waals surface area (Å²) in [7, 11) is 1.03. The zero-order valence-corrected chi connectivity index (χ0v) is 22.4. The molecule has 9 heteroatoms. The van der Waals surface area contributed by atoms with E-state index in [1.165, 1.54) is 16.6 Å². The van der Waals surface area contributed by atoms with Crippen LogP contribution < -0.4 is 15.1 Å². The lowest BCUT2D eigenvalue weighted by Gasteiger charge is -2.41. The van der Waals surface area contributed by atoms with E-state index in [9.17, 15) is 4.21 Å². The Bertz CT molecular complexity index is 1240. The first kappa shape index (κ1) is 24.9. The van der Waals surface area contributed by atoms with Gasteiger partial charge in [0, 0.05) is 85.5 Å². The van der Waals surface area contributed by atoms with E-state index in [2.05, 4.69) is 52.1 Å². The van der Waals surface area contributed by atoms with Gasteiger partial charge in [0.2, 0.25) is 5.95 Å². The number of methoxy groups -OCH3 is 1. The van der Waals surface area contributed by atoms with Crippen molar-refractivity contribution >= 4 is 44.8 Å².